The average molecular weight is 528 g/mol. The van der Waals surface area contributed by atoms with Gasteiger partial charge < -0.3 is 9.73 Å². The zero-order chi connectivity index (χ0) is 23.2. The normalized spacial score (nSPS) is 11.4. The predicted molar refractivity (Wildman–Crippen MR) is 142 cm³/mol. The number of hydrogen-bond donors (Lipinski definition) is 1. The van der Waals surface area contributed by atoms with E-state index in [9.17, 15) is 4.79 Å². The first-order valence-electron chi connectivity index (χ1n) is 10.7. The SMILES string of the molecule is O=C(Nc1ccc2oc(-c3cccc4c(Br)cccc34)nc2c1)c1cccc2c(Cl)cccc12. The quantitative estimate of drug-likeness (QED) is 0.251. The smallest absolute Gasteiger partial charge is 0.256 e. The molecule has 4 nitrogen and oxygen atoms in total. The van der Waals surface area contributed by atoms with Gasteiger partial charge in [-0.2, -0.15) is 0 Å². The second-order valence-electron chi connectivity index (χ2n) is 7.94. The fourth-order valence-corrected chi connectivity index (χ4v) is 4.98. The molecule has 6 heteroatoms. The van der Waals surface area contributed by atoms with Crippen molar-refractivity contribution in [2.75, 3.05) is 5.32 Å². The van der Waals surface area contributed by atoms with Gasteiger partial charge in [0, 0.05) is 31.7 Å². The molecule has 1 amide bonds. The number of halogens is 2. The lowest BCUT2D eigenvalue weighted by Crippen LogP contribution is -2.12. The van der Waals surface area contributed by atoms with Crippen molar-refractivity contribution in [1.82, 2.24) is 4.98 Å². The van der Waals surface area contributed by atoms with Gasteiger partial charge in [0.25, 0.3) is 5.91 Å². The summed E-state index contributed by atoms with van der Waals surface area (Å²) in [6.45, 7) is 0. The third kappa shape index (κ3) is 3.54. The Hall–Kier alpha value is -3.67. The van der Waals surface area contributed by atoms with Crippen molar-refractivity contribution >= 4 is 71.8 Å². The zero-order valence-electron chi connectivity index (χ0n) is 17.7. The number of fused-ring (bicyclic) bond motifs is 3. The van der Waals surface area contributed by atoms with E-state index in [2.05, 4.69) is 27.3 Å². The Morgan fingerprint density at radius 2 is 1.56 bits per heavy atom. The summed E-state index contributed by atoms with van der Waals surface area (Å²) in [5, 5.41) is 7.38. The molecule has 6 rings (SSSR count). The average Bonchev–Trinajstić information content (AvgIpc) is 3.27. The Morgan fingerprint density at radius 1 is 0.824 bits per heavy atom. The lowest BCUT2D eigenvalue weighted by atomic mass is 10.0. The minimum Gasteiger partial charge on any atom is -0.436 e. The number of nitrogens with one attached hydrogen (secondary N) is 1. The van der Waals surface area contributed by atoms with Crippen LogP contribution in [0.2, 0.25) is 5.02 Å². The third-order valence-electron chi connectivity index (χ3n) is 5.86. The van der Waals surface area contributed by atoms with Gasteiger partial charge >= 0.3 is 0 Å². The van der Waals surface area contributed by atoms with Gasteiger partial charge in [0.2, 0.25) is 5.89 Å². The number of amides is 1. The monoisotopic (exact) mass is 526 g/mol. The Balaban J connectivity index is 1.36. The van der Waals surface area contributed by atoms with Gasteiger partial charge in [-0.25, -0.2) is 4.98 Å². The highest BCUT2D eigenvalue weighted by Gasteiger charge is 2.15. The first kappa shape index (κ1) is 20.9. The molecule has 0 spiro atoms. The fraction of sp³-hybridized carbons (Fsp3) is 0. The highest BCUT2D eigenvalue weighted by atomic mass is 79.9. The van der Waals surface area contributed by atoms with Gasteiger partial charge in [0.05, 0.1) is 0 Å². The number of oxazole rings is 1. The summed E-state index contributed by atoms with van der Waals surface area (Å²) in [6, 6.07) is 28.6. The highest BCUT2D eigenvalue weighted by Crippen LogP contribution is 2.34. The molecule has 164 valence electrons. The first-order valence-corrected chi connectivity index (χ1v) is 11.8. The van der Waals surface area contributed by atoms with Crippen molar-refractivity contribution in [1.29, 1.82) is 0 Å². The number of rotatable bonds is 3. The van der Waals surface area contributed by atoms with E-state index in [1.807, 2.05) is 78.9 Å². The minimum atomic E-state index is -0.213. The second-order valence-corrected chi connectivity index (χ2v) is 9.20. The van der Waals surface area contributed by atoms with Gasteiger partial charge in [0.15, 0.2) is 5.58 Å². The lowest BCUT2D eigenvalue weighted by molar-refractivity contribution is 0.102. The molecule has 0 aliphatic rings. The second kappa shape index (κ2) is 8.28. The van der Waals surface area contributed by atoms with Crippen LogP contribution in [0.1, 0.15) is 10.4 Å². The Labute approximate surface area is 208 Å². The Kier molecular flexibility index (Phi) is 5.09. The molecule has 1 heterocycles. The van der Waals surface area contributed by atoms with Crippen molar-refractivity contribution < 1.29 is 9.21 Å². The first-order chi connectivity index (χ1) is 16.6. The molecule has 6 aromatic rings. The van der Waals surface area contributed by atoms with Gasteiger partial charge in [0.1, 0.15) is 5.52 Å². The van der Waals surface area contributed by atoms with E-state index >= 15 is 0 Å². The minimum absolute atomic E-state index is 0.213. The molecule has 1 N–H and O–H groups in total. The highest BCUT2D eigenvalue weighted by molar-refractivity contribution is 9.10. The zero-order valence-corrected chi connectivity index (χ0v) is 20.0. The van der Waals surface area contributed by atoms with Crippen LogP contribution in [0.3, 0.4) is 0 Å². The number of anilines is 1. The topological polar surface area (TPSA) is 55.1 Å². The molecule has 34 heavy (non-hydrogen) atoms. The van der Waals surface area contributed by atoms with Gasteiger partial charge in [-0.1, -0.05) is 76.1 Å². The molecule has 0 atom stereocenters. The molecule has 0 saturated heterocycles. The molecular weight excluding hydrogens is 512 g/mol. The van der Waals surface area contributed by atoms with Crippen molar-refractivity contribution in [2.45, 2.75) is 0 Å². The molecule has 0 aliphatic carbocycles. The van der Waals surface area contributed by atoms with E-state index in [-0.39, 0.29) is 5.91 Å². The van der Waals surface area contributed by atoms with E-state index < -0.39 is 0 Å². The van der Waals surface area contributed by atoms with Crippen LogP contribution in [-0.2, 0) is 0 Å². The number of carbonyl (C=O) groups is 1. The number of carbonyl (C=O) groups excluding carboxylic acids is 1. The molecular formula is C28H16BrClN2O2. The molecule has 5 aromatic carbocycles. The summed E-state index contributed by atoms with van der Waals surface area (Å²) in [7, 11) is 0. The van der Waals surface area contributed by atoms with Crippen LogP contribution in [-0.4, -0.2) is 10.9 Å². The van der Waals surface area contributed by atoms with E-state index in [0.29, 0.717) is 33.3 Å². The molecule has 0 bridgehead atoms. The predicted octanol–water partition coefficient (Wildman–Crippen LogP) is 8.47. The van der Waals surface area contributed by atoms with Crippen molar-refractivity contribution in [3.8, 4) is 11.5 Å². The van der Waals surface area contributed by atoms with Crippen LogP contribution in [0.4, 0.5) is 5.69 Å². The molecule has 0 saturated carbocycles. The van der Waals surface area contributed by atoms with E-state index in [4.69, 9.17) is 21.0 Å². The largest absolute Gasteiger partial charge is 0.436 e. The van der Waals surface area contributed by atoms with Crippen LogP contribution in [0.5, 0.6) is 0 Å². The van der Waals surface area contributed by atoms with Gasteiger partial charge in [-0.05, 0) is 58.6 Å². The molecule has 0 radical (unpaired) electrons. The van der Waals surface area contributed by atoms with Gasteiger partial charge in [-0.3, -0.25) is 4.79 Å². The van der Waals surface area contributed by atoms with Crippen LogP contribution < -0.4 is 5.32 Å². The maximum absolute atomic E-state index is 13.1. The lowest BCUT2D eigenvalue weighted by Gasteiger charge is -2.09. The summed E-state index contributed by atoms with van der Waals surface area (Å²) in [5.41, 5.74) is 3.42. The Morgan fingerprint density at radius 3 is 2.47 bits per heavy atom. The van der Waals surface area contributed by atoms with Crippen molar-refractivity contribution in [3.63, 3.8) is 0 Å². The van der Waals surface area contributed by atoms with E-state index in [1.165, 1.54) is 0 Å². The molecule has 0 aliphatic heterocycles. The molecule has 0 fully saturated rings. The van der Waals surface area contributed by atoms with Crippen molar-refractivity contribution in [3.05, 3.63) is 106 Å². The Bertz CT molecular complexity index is 1740. The van der Waals surface area contributed by atoms with Gasteiger partial charge in [-0.15, -0.1) is 0 Å². The fourth-order valence-electron chi connectivity index (χ4n) is 4.25. The van der Waals surface area contributed by atoms with E-state index in [0.717, 1.165) is 31.6 Å². The maximum atomic E-state index is 13.1. The van der Waals surface area contributed by atoms with Crippen LogP contribution in [0.25, 0.3) is 44.1 Å². The summed E-state index contributed by atoms with van der Waals surface area (Å²) >= 11 is 9.91. The maximum Gasteiger partial charge on any atom is 0.256 e. The number of benzene rings is 5. The van der Waals surface area contributed by atoms with Crippen LogP contribution >= 0.6 is 27.5 Å². The number of nitrogens with zero attached hydrogens (tertiary/aromatic N) is 1. The third-order valence-corrected chi connectivity index (χ3v) is 6.88. The summed E-state index contributed by atoms with van der Waals surface area (Å²) in [4.78, 5) is 17.8. The molecule has 1 aromatic heterocycles. The summed E-state index contributed by atoms with van der Waals surface area (Å²) in [6.07, 6.45) is 0. The van der Waals surface area contributed by atoms with Crippen LogP contribution in [0, 0.1) is 0 Å². The van der Waals surface area contributed by atoms with E-state index in [1.54, 1.807) is 6.07 Å². The number of aromatic nitrogens is 1. The molecule has 0 unspecified atom stereocenters. The van der Waals surface area contributed by atoms with Crippen LogP contribution in [0.15, 0.2) is 99.9 Å². The summed E-state index contributed by atoms with van der Waals surface area (Å²) < 4.78 is 7.08. The standard InChI is InChI=1S/C28H16BrClN2O2/c29-23-11-3-5-17-19(23)7-1-10-22(17)28-32-25-15-16(13-14-26(25)34-28)31-27(33)21-9-2-8-20-18(21)6-4-12-24(20)30/h1-15H,(H,31,33). The number of hydrogen-bond acceptors (Lipinski definition) is 3. The van der Waals surface area contributed by atoms with Crippen molar-refractivity contribution in [2.24, 2.45) is 0 Å². The summed E-state index contributed by atoms with van der Waals surface area (Å²) in [5.74, 6) is 0.320.